The van der Waals surface area contributed by atoms with Gasteiger partial charge in [-0.25, -0.2) is 23.3 Å². The number of amides is 1. The van der Waals surface area contributed by atoms with E-state index in [0.29, 0.717) is 22.6 Å². The van der Waals surface area contributed by atoms with Crippen LogP contribution in [0.2, 0.25) is 0 Å². The number of primary sulfonamides is 1. The third kappa shape index (κ3) is 3.71. The summed E-state index contributed by atoms with van der Waals surface area (Å²) in [5.74, 6) is 0. The van der Waals surface area contributed by atoms with Gasteiger partial charge in [-0.15, -0.1) is 0 Å². The number of nitrogens with two attached hydrogens (primary N) is 1. The number of pyridine rings is 1. The van der Waals surface area contributed by atoms with Crippen molar-refractivity contribution in [3.8, 4) is 11.3 Å². The predicted molar refractivity (Wildman–Crippen MR) is 107 cm³/mol. The van der Waals surface area contributed by atoms with Crippen molar-refractivity contribution in [1.29, 1.82) is 0 Å². The van der Waals surface area contributed by atoms with Gasteiger partial charge < -0.3 is 4.74 Å². The minimum Gasteiger partial charge on any atom is -0.452 e. The van der Waals surface area contributed by atoms with E-state index in [1.807, 2.05) is 20.8 Å². The lowest BCUT2D eigenvalue weighted by Gasteiger charge is -2.34. The second kappa shape index (κ2) is 6.92. The van der Waals surface area contributed by atoms with E-state index in [9.17, 15) is 13.2 Å². The number of rotatable bonds is 3. The van der Waals surface area contributed by atoms with Crippen LogP contribution >= 0.6 is 0 Å². The second-order valence-corrected chi connectivity index (χ2v) is 8.87. The van der Waals surface area contributed by atoms with Crippen LogP contribution in [0.15, 0.2) is 53.7 Å². The average Bonchev–Trinajstić information content (AvgIpc) is 3.03. The highest BCUT2D eigenvalue weighted by Crippen LogP contribution is 2.29. The third-order valence-electron chi connectivity index (χ3n) is 4.23. The number of aromatic nitrogens is 2. The fourth-order valence-electron chi connectivity index (χ4n) is 3.01. The maximum Gasteiger partial charge on any atom is 0.414 e. The Morgan fingerprint density at radius 2 is 1.93 bits per heavy atom. The molecule has 0 unspecified atom stereocenters. The van der Waals surface area contributed by atoms with Gasteiger partial charge in [0.15, 0.2) is 0 Å². The molecule has 0 saturated heterocycles. The van der Waals surface area contributed by atoms with Gasteiger partial charge in [-0.3, -0.25) is 9.30 Å². The molecule has 28 heavy (non-hydrogen) atoms. The zero-order valence-corrected chi connectivity index (χ0v) is 16.9. The summed E-state index contributed by atoms with van der Waals surface area (Å²) in [6, 6.07) is 9.89. The van der Waals surface area contributed by atoms with Crippen LogP contribution in [0.5, 0.6) is 0 Å². The molecule has 2 heterocycles. The minimum absolute atomic E-state index is 0.0157. The molecule has 2 aromatic heterocycles. The van der Waals surface area contributed by atoms with Crippen LogP contribution in [0.25, 0.3) is 16.9 Å². The number of methoxy groups -OCH3 is 1. The Morgan fingerprint density at radius 3 is 2.54 bits per heavy atom. The molecule has 0 atom stereocenters. The van der Waals surface area contributed by atoms with Crippen LogP contribution in [-0.2, 0) is 14.8 Å². The van der Waals surface area contributed by atoms with Crippen molar-refractivity contribution in [1.82, 2.24) is 9.38 Å². The lowest BCUT2D eigenvalue weighted by Crippen LogP contribution is -2.46. The molecule has 1 aromatic carbocycles. The van der Waals surface area contributed by atoms with Gasteiger partial charge in [0.1, 0.15) is 5.65 Å². The Bertz CT molecular complexity index is 1150. The van der Waals surface area contributed by atoms with Crippen LogP contribution in [-0.4, -0.2) is 36.5 Å². The first-order valence-electron chi connectivity index (χ1n) is 8.51. The molecule has 0 aliphatic carbocycles. The molecule has 0 aliphatic heterocycles. The van der Waals surface area contributed by atoms with Crippen molar-refractivity contribution < 1.29 is 17.9 Å². The summed E-state index contributed by atoms with van der Waals surface area (Å²) < 4.78 is 30.1. The third-order valence-corrected chi connectivity index (χ3v) is 5.15. The Kier molecular flexibility index (Phi) is 4.90. The SMILES string of the molecule is COC(=O)N(c1ccc2ncc(-c3cccc(S(N)(=O)=O)c3)n2c1)C(C)(C)C. The van der Waals surface area contributed by atoms with Gasteiger partial charge in [0.05, 0.1) is 29.6 Å². The highest BCUT2D eigenvalue weighted by Gasteiger charge is 2.29. The quantitative estimate of drug-likeness (QED) is 0.725. The fraction of sp³-hybridized carbons (Fsp3) is 0.263. The molecule has 0 radical (unpaired) electrons. The zero-order chi connectivity index (χ0) is 20.7. The topological polar surface area (TPSA) is 107 Å². The standard InChI is InChI=1S/C19H22N4O4S/c1-19(2,3)23(18(24)27-4)14-8-9-17-21-11-16(22(17)12-14)13-6-5-7-15(10-13)28(20,25)26/h5-12H,1-4H3,(H2,20,25,26). The number of fused-ring (bicyclic) bond motifs is 1. The number of carbonyl (C=O) groups is 1. The number of benzene rings is 1. The molecule has 1 amide bonds. The first-order chi connectivity index (χ1) is 13.0. The van der Waals surface area contributed by atoms with E-state index in [4.69, 9.17) is 9.88 Å². The average molecular weight is 402 g/mol. The molecule has 0 aliphatic rings. The van der Waals surface area contributed by atoms with Crippen LogP contribution < -0.4 is 10.0 Å². The van der Waals surface area contributed by atoms with Gasteiger partial charge in [0.2, 0.25) is 10.0 Å². The first-order valence-corrected chi connectivity index (χ1v) is 10.1. The Hall–Kier alpha value is -2.91. The summed E-state index contributed by atoms with van der Waals surface area (Å²) in [7, 11) is -2.49. The van der Waals surface area contributed by atoms with Crippen molar-refractivity contribution in [2.75, 3.05) is 12.0 Å². The van der Waals surface area contributed by atoms with Gasteiger partial charge in [-0.05, 0) is 45.0 Å². The van der Waals surface area contributed by atoms with Crippen LogP contribution in [0.4, 0.5) is 10.5 Å². The zero-order valence-electron chi connectivity index (χ0n) is 16.1. The first kappa shape index (κ1) is 19.8. The molecule has 2 N–H and O–H groups in total. The Labute approximate surface area is 163 Å². The molecular formula is C19H22N4O4S. The molecule has 3 aromatic rings. The number of carbonyl (C=O) groups excluding carboxylic acids is 1. The number of hydrogen-bond acceptors (Lipinski definition) is 5. The summed E-state index contributed by atoms with van der Waals surface area (Å²) in [6.07, 6.45) is 2.93. The monoisotopic (exact) mass is 402 g/mol. The molecule has 8 nitrogen and oxygen atoms in total. The number of ether oxygens (including phenoxy) is 1. The number of sulfonamides is 1. The Morgan fingerprint density at radius 1 is 1.21 bits per heavy atom. The smallest absolute Gasteiger partial charge is 0.414 e. The van der Waals surface area contributed by atoms with E-state index >= 15 is 0 Å². The lowest BCUT2D eigenvalue weighted by atomic mass is 10.1. The molecule has 0 bridgehead atoms. The molecule has 148 valence electrons. The van der Waals surface area contributed by atoms with E-state index in [-0.39, 0.29) is 4.90 Å². The van der Waals surface area contributed by atoms with Gasteiger partial charge in [0.25, 0.3) is 0 Å². The van der Waals surface area contributed by atoms with Gasteiger partial charge in [0, 0.05) is 17.3 Å². The fourth-order valence-corrected chi connectivity index (χ4v) is 3.56. The summed E-state index contributed by atoms with van der Waals surface area (Å²) >= 11 is 0. The number of hydrogen-bond donors (Lipinski definition) is 1. The van der Waals surface area contributed by atoms with Crippen molar-refractivity contribution in [2.24, 2.45) is 5.14 Å². The van der Waals surface area contributed by atoms with Gasteiger partial charge in [-0.2, -0.15) is 0 Å². The molecule has 0 spiro atoms. The highest BCUT2D eigenvalue weighted by atomic mass is 32.2. The predicted octanol–water partition coefficient (Wildman–Crippen LogP) is 3.02. The van der Waals surface area contributed by atoms with Crippen LogP contribution in [0.3, 0.4) is 0 Å². The largest absolute Gasteiger partial charge is 0.452 e. The van der Waals surface area contributed by atoms with Crippen molar-refractivity contribution >= 4 is 27.5 Å². The van der Waals surface area contributed by atoms with Crippen molar-refractivity contribution in [3.05, 3.63) is 48.8 Å². The van der Waals surface area contributed by atoms with E-state index < -0.39 is 21.7 Å². The maximum atomic E-state index is 12.3. The van der Waals surface area contributed by atoms with E-state index in [0.717, 1.165) is 0 Å². The van der Waals surface area contributed by atoms with E-state index in [1.165, 1.54) is 24.1 Å². The lowest BCUT2D eigenvalue weighted by molar-refractivity contribution is 0.172. The Balaban J connectivity index is 2.18. The van der Waals surface area contributed by atoms with Crippen molar-refractivity contribution in [3.63, 3.8) is 0 Å². The summed E-state index contributed by atoms with van der Waals surface area (Å²) in [5, 5.41) is 5.24. The maximum absolute atomic E-state index is 12.3. The molecule has 0 fully saturated rings. The molecular weight excluding hydrogens is 380 g/mol. The second-order valence-electron chi connectivity index (χ2n) is 7.31. The number of nitrogens with zero attached hydrogens (tertiary/aromatic N) is 3. The molecule has 3 rings (SSSR count). The van der Waals surface area contributed by atoms with Crippen molar-refractivity contribution in [2.45, 2.75) is 31.2 Å². The van der Waals surface area contributed by atoms with E-state index in [2.05, 4.69) is 4.98 Å². The van der Waals surface area contributed by atoms with Gasteiger partial charge >= 0.3 is 6.09 Å². The van der Waals surface area contributed by atoms with E-state index in [1.54, 1.807) is 41.1 Å². The molecule has 9 heteroatoms. The van der Waals surface area contributed by atoms with Crippen LogP contribution in [0, 0.1) is 0 Å². The normalized spacial score (nSPS) is 12.2. The summed E-state index contributed by atoms with van der Waals surface area (Å²) in [5.41, 5.74) is 2.06. The number of anilines is 1. The summed E-state index contributed by atoms with van der Waals surface area (Å²) in [6.45, 7) is 5.70. The minimum atomic E-state index is -3.82. The number of imidazole rings is 1. The summed E-state index contributed by atoms with van der Waals surface area (Å²) in [4.78, 5) is 18.3. The van der Waals surface area contributed by atoms with Crippen LogP contribution in [0.1, 0.15) is 20.8 Å². The molecule has 0 saturated carbocycles. The highest BCUT2D eigenvalue weighted by molar-refractivity contribution is 7.89. The van der Waals surface area contributed by atoms with Gasteiger partial charge in [-0.1, -0.05) is 12.1 Å².